The number of benzene rings is 2. The molecule has 0 spiro atoms. The van der Waals surface area contributed by atoms with Crippen LogP contribution in [0.5, 0.6) is 0 Å². The Hall–Kier alpha value is -3.45. The lowest BCUT2D eigenvalue weighted by molar-refractivity contribution is -0.116. The number of thiazole rings is 1. The van der Waals surface area contributed by atoms with Gasteiger partial charge in [-0.15, -0.1) is 11.3 Å². The molecule has 0 aliphatic carbocycles. The molecule has 0 saturated heterocycles. The van der Waals surface area contributed by atoms with Crippen molar-refractivity contribution in [1.29, 1.82) is 0 Å². The molecule has 0 fully saturated rings. The van der Waals surface area contributed by atoms with Crippen LogP contribution in [0.1, 0.15) is 12.7 Å². The van der Waals surface area contributed by atoms with Crippen molar-refractivity contribution < 1.29 is 4.79 Å². The Kier molecular flexibility index (Phi) is 4.37. The Morgan fingerprint density at radius 1 is 1.14 bits per heavy atom. The SMILES string of the molecule is CCc1nc2ccccc2n1CC(=O)Nc1nc(-c2c[nH]c3ccccc23)cs1. The minimum Gasteiger partial charge on any atom is -0.360 e. The van der Waals surface area contributed by atoms with Gasteiger partial charge in [0.05, 0.1) is 16.7 Å². The van der Waals surface area contributed by atoms with Gasteiger partial charge in [-0.3, -0.25) is 4.79 Å². The first-order valence-electron chi connectivity index (χ1n) is 9.49. The summed E-state index contributed by atoms with van der Waals surface area (Å²) in [6.07, 6.45) is 2.72. The highest BCUT2D eigenvalue weighted by atomic mass is 32.1. The molecule has 0 radical (unpaired) electrons. The molecule has 7 heteroatoms. The number of anilines is 1. The summed E-state index contributed by atoms with van der Waals surface area (Å²) >= 11 is 1.43. The first-order valence-corrected chi connectivity index (χ1v) is 10.4. The monoisotopic (exact) mass is 401 g/mol. The second-order valence-corrected chi connectivity index (χ2v) is 7.65. The highest BCUT2D eigenvalue weighted by molar-refractivity contribution is 7.14. The van der Waals surface area contributed by atoms with E-state index in [1.165, 1.54) is 11.3 Å². The summed E-state index contributed by atoms with van der Waals surface area (Å²) in [6, 6.07) is 16.0. The summed E-state index contributed by atoms with van der Waals surface area (Å²) in [4.78, 5) is 25.2. The lowest BCUT2D eigenvalue weighted by Gasteiger charge is -2.07. The number of H-pyrrole nitrogens is 1. The van der Waals surface area contributed by atoms with Crippen LogP contribution in [0.15, 0.2) is 60.1 Å². The molecule has 2 N–H and O–H groups in total. The molecule has 29 heavy (non-hydrogen) atoms. The lowest BCUT2D eigenvalue weighted by Crippen LogP contribution is -2.20. The maximum atomic E-state index is 12.7. The molecule has 3 aromatic heterocycles. The second-order valence-electron chi connectivity index (χ2n) is 6.79. The van der Waals surface area contributed by atoms with Crippen molar-refractivity contribution >= 4 is 44.3 Å². The minimum absolute atomic E-state index is 0.109. The molecule has 0 aliphatic rings. The maximum Gasteiger partial charge on any atom is 0.246 e. The van der Waals surface area contributed by atoms with Crippen molar-refractivity contribution in [2.75, 3.05) is 5.32 Å². The quantitative estimate of drug-likeness (QED) is 0.442. The molecule has 2 aromatic carbocycles. The molecule has 3 heterocycles. The van der Waals surface area contributed by atoms with E-state index in [0.717, 1.165) is 45.4 Å². The number of hydrogen-bond donors (Lipinski definition) is 2. The number of aromatic nitrogens is 4. The summed E-state index contributed by atoms with van der Waals surface area (Å²) < 4.78 is 1.97. The smallest absolute Gasteiger partial charge is 0.246 e. The Labute approximate surface area is 171 Å². The topological polar surface area (TPSA) is 75.6 Å². The molecule has 144 valence electrons. The van der Waals surface area contributed by atoms with E-state index >= 15 is 0 Å². The predicted molar refractivity (Wildman–Crippen MR) is 117 cm³/mol. The van der Waals surface area contributed by atoms with Gasteiger partial charge >= 0.3 is 0 Å². The third kappa shape index (κ3) is 3.19. The number of carbonyl (C=O) groups is 1. The minimum atomic E-state index is -0.109. The summed E-state index contributed by atoms with van der Waals surface area (Å²) in [6.45, 7) is 2.26. The van der Waals surface area contributed by atoms with E-state index in [0.29, 0.717) is 5.13 Å². The maximum absolute atomic E-state index is 12.7. The number of imidazole rings is 1. The Bertz CT molecular complexity index is 1330. The van der Waals surface area contributed by atoms with Crippen molar-refractivity contribution in [2.45, 2.75) is 19.9 Å². The van der Waals surface area contributed by atoms with Crippen LogP contribution in [0, 0.1) is 0 Å². The van der Waals surface area contributed by atoms with Crippen LogP contribution < -0.4 is 5.32 Å². The van der Waals surface area contributed by atoms with Gasteiger partial charge in [0.1, 0.15) is 12.4 Å². The molecule has 6 nitrogen and oxygen atoms in total. The average Bonchev–Trinajstić information content (AvgIpc) is 3.45. The van der Waals surface area contributed by atoms with E-state index in [2.05, 4.69) is 26.3 Å². The lowest BCUT2D eigenvalue weighted by atomic mass is 10.1. The number of aryl methyl sites for hydroxylation is 1. The Morgan fingerprint density at radius 2 is 1.97 bits per heavy atom. The fraction of sp³-hybridized carbons (Fsp3) is 0.136. The fourth-order valence-corrected chi connectivity index (χ4v) is 4.34. The number of aromatic amines is 1. The zero-order valence-corrected chi connectivity index (χ0v) is 16.7. The largest absolute Gasteiger partial charge is 0.360 e. The average molecular weight is 401 g/mol. The molecule has 0 unspecified atom stereocenters. The zero-order valence-electron chi connectivity index (χ0n) is 15.8. The Balaban J connectivity index is 1.37. The normalized spacial score (nSPS) is 11.3. The molecule has 0 aliphatic heterocycles. The molecule has 0 bridgehead atoms. The van der Waals surface area contributed by atoms with Crippen molar-refractivity contribution in [2.24, 2.45) is 0 Å². The number of hydrogen-bond acceptors (Lipinski definition) is 4. The fourth-order valence-electron chi connectivity index (χ4n) is 3.61. The Morgan fingerprint density at radius 3 is 2.86 bits per heavy atom. The number of para-hydroxylation sites is 3. The zero-order chi connectivity index (χ0) is 19.8. The molecular weight excluding hydrogens is 382 g/mol. The van der Waals surface area contributed by atoms with Gasteiger partial charge < -0.3 is 14.9 Å². The van der Waals surface area contributed by atoms with E-state index in [9.17, 15) is 4.79 Å². The number of nitrogens with zero attached hydrogens (tertiary/aromatic N) is 3. The van der Waals surface area contributed by atoms with Crippen LogP contribution in [-0.2, 0) is 17.8 Å². The molecular formula is C22H19N5OS. The molecule has 0 atom stereocenters. The summed E-state index contributed by atoms with van der Waals surface area (Å²) in [7, 11) is 0. The van der Waals surface area contributed by atoms with Crippen molar-refractivity contribution in [3.8, 4) is 11.3 Å². The van der Waals surface area contributed by atoms with Crippen LogP contribution in [0.2, 0.25) is 0 Å². The molecule has 0 saturated carbocycles. The van der Waals surface area contributed by atoms with Crippen molar-refractivity contribution in [1.82, 2.24) is 19.5 Å². The second kappa shape index (κ2) is 7.18. The van der Waals surface area contributed by atoms with Crippen molar-refractivity contribution in [3.63, 3.8) is 0 Å². The number of nitrogens with one attached hydrogen (secondary N) is 2. The standard InChI is InChI=1S/C22H19N5OS/c1-2-20-24-17-9-5-6-10-19(17)27(20)12-21(28)26-22-25-18(13-29-22)15-11-23-16-8-4-3-7-14(15)16/h3-11,13,23H,2,12H2,1H3,(H,25,26,28). The third-order valence-electron chi connectivity index (χ3n) is 4.97. The number of carbonyl (C=O) groups excluding carboxylic acids is 1. The molecule has 5 rings (SSSR count). The highest BCUT2D eigenvalue weighted by Crippen LogP contribution is 2.31. The predicted octanol–water partition coefficient (Wildman–Crippen LogP) is 4.84. The van der Waals surface area contributed by atoms with Crippen LogP contribution in [0.3, 0.4) is 0 Å². The number of fused-ring (bicyclic) bond motifs is 2. The highest BCUT2D eigenvalue weighted by Gasteiger charge is 2.15. The third-order valence-corrected chi connectivity index (χ3v) is 5.73. The van der Waals surface area contributed by atoms with E-state index in [4.69, 9.17) is 0 Å². The van der Waals surface area contributed by atoms with Crippen LogP contribution in [-0.4, -0.2) is 25.4 Å². The van der Waals surface area contributed by atoms with Crippen LogP contribution in [0.25, 0.3) is 33.2 Å². The van der Waals surface area contributed by atoms with Crippen molar-refractivity contribution in [3.05, 3.63) is 65.9 Å². The van der Waals surface area contributed by atoms with Gasteiger partial charge in [0.15, 0.2) is 5.13 Å². The summed E-state index contributed by atoms with van der Waals surface area (Å²) in [5.41, 5.74) is 4.84. The number of rotatable bonds is 5. The van der Waals surface area contributed by atoms with Gasteiger partial charge in [0, 0.05) is 34.5 Å². The van der Waals surface area contributed by atoms with Crippen LogP contribution >= 0.6 is 11.3 Å². The van der Waals surface area contributed by atoms with Crippen LogP contribution in [0.4, 0.5) is 5.13 Å². The van der Waals surface area contributed by atoms with E-state index < -0.39 is 0 Å². The molecule has 5 aromatic rings. The summed E-state index contributed by atoms with van der Waals surface area (Å²) in [5.74, 6) is 0.794. The van der Waals surface area contributed by atoms with Gasteiger partial charge in [-0.2, -0.15) is 0 Å². The first kappa shape index (κ1) is 17.6. The van der Waals surface area contributed by atoms with E-state index in [1.807, 2.05) is 65.5 Å². The number of amides is 1. The van der Waals surface area contributed by atoms with Gasteiger partial charge in [0.2, 0.25) is 5.91 Å². The summed E-state index contributed by atoms with van der Waals surface area (Å²) in [5, 5.41) is 6.62. The van der Waals surface area contributed by atoms with Gasteiger partial charge in [-0.25, -0.2) is 9.97 Å². The van der Waals surface area contributed by atoms with Gasteiger partial charge in [0.25, 0.3) is 0 Å². The van der Waals surface area contributed by atoms with Gasteiger partial charge in [-0.1, -0.05) is 37.3 Å². The van der Waals surface area contributed by atoms with E-state index in [1.54, 1.807) is 0 Å². The molecule has 1 amide bonds. The first-order chi connectivity index (χ1) is 14.2. The van der Waals surface area contributed by atoms with Gasteiger partial charge in [-0.05, 0) is 18.2 Å². The van der Waals surface area contributed by atoms with E-state index in [-0.39, 0.29) is 12.5 Å².